The molecule has 0 aliphatic heterocycles. The maximum atomic E-state index is 6.00. The molecule has 0 radical (unpaired) electrons. The lowest BCUT2D eigenvalue weighted by Crippen LogP contribution is -2.06. The Balaban J connectivity index is 2.50. The van der Waals surface area contributed by atoms with Crippen LogP contribution in [0.2, 0.25) is 5.15 Å². The molecule has 0 saturated carbocycles. The molecule has 106 valence electrons. The van der Waals surface area contributed by atoms with Crippen molar-refractivity contribution in [2.75, 3.05) is 11.1 Å². The molecule has 0 unspecified atom stereocenters. The molecule has 1 aromatic carbocycles. The fourth-order valence-electron chi connectivity index (χ4n) is 1.91. The van der Waals surface area contributed by atoms with Gasteiger partial charge in [0.25, 0.3) is 0 Å². The van der Waals surface area contributed by atoms with Crippen molar-refractivity contribution in [3.63, 3.8) is 0 Å². The van der Waals surface area contributed by atoms with Crippen molar-refractivity contribution >= 4 is 44.7 Å². The van der Waals surface area contributed by atoms with E-state index in [0.29, 0.717) is 23.2 Å². The third-order valence-corrected chi connectivity index (χ3v) is 3.87. The number of nitrogens with zero attached hydrogens (tertiary/aromatic N) is 2. The van der Waals surface area contributed by atoms with E-state index in [0.717, 1.165) is 10.2 Å². The Kier molecular flexibility index (Phi) is 4.50. The van der Waals surface area contributed by atoms with Crippen molar-refractivity contribution in [1.29, 1.82) is 0 Å². The van der Waals surface area contributed by atoms with Crippen molar-refractivity contribution < 1.29 is 0 Å². The summed E-state index contributed by atoms with van der Waals surface area (Å²) in [4.78, 5) is 8.35. The predicted octanol–water partition coefficient (Wildman–Crippen LogP) is 4.65. The van der Waals surface area contributed by atoms with Gasteiger partial charge in [-0.3, -0.25) is 0 Å². The second-order valence-electron chi connectivity index (χ2n) is 4.81. The maximum Gasteiger partial charge on any atom is 0.159 e. The highest BCUT2D eigenvalue weighted by Gasteiger charge is 2.14. The Hall–Kier alpha value is -1.33. The highest BCUT2D eigenvalue weighted by Crippen LogP contribution is 2.35. The average molecular weight is 356 g/mol. The highest BCUT2D eigenvalue weighted by atomic mass is 79.9. The molecule has 0 bridgehead atoms. The number of rotatable bonds is 3. The van der Waals surface area contributed by atoms with Gasteiger partial charge < -0.3 is 11.1 Å². The summed E-state index contributed by atoms with van der Waals surface area (Å²) in [5, 5.41) is 3.53. The van der Waals surface area contributed by atoms with E-state index in [1.54, 1.807) is 6.92 Å². The maximum absolute atomic E-state index is 6.00. The van der Waals surface area contributed by atoms with Gasteiger partial charge in [-0.2, -0.15) is 0 Å². The van der Waals surface area contributed by atoms with E-state index in [9.17, 15) is 0 Å². The van der Waals surface area contributed by atoms with Gasteiger partial charge in [-0.1, -0.05) is 37.6 Å². The van der Waals surface area contributed by atoms with Crippen molar-refractivity contribution in [2.45, 2.75) is 26.7 Å². The lowest BCUT2D eigenvalue weighted by Gasteiger charge is -2.17. The first kappa shape index (κ1) is 15.1. The van der Waals surface area contributed by atoms with Gasteiger partial charge >= 0.3 is 0 Å². The topological polar surface area (TPSA) is 63.8 Å². The van der Waals surface area contributed by atoms with Crippen LogP contribution in [-0.2, 0) is 0 Å². The molecule has 0 aliphatic carbocycles. The summed E-state index contributed by atoms with van der Waals surface area (Å²) in [6, 6.07) is 6.05. The Bertz CT molecular complexity index is 643. The smallest absolute Gasteiger partial charge is 0.159 e. The van der Waals surface area contributed by atoms with E-state index in [1.807, 2.05) is 12.1 Å². The summed E-state index contributed by atoms with van der Waals surface area (Å²) in [6.07, 6.45) is 0. The van der Waals surface area contributed by atoms with Crippen LogP contribution in [0.15, 0.2) is 22.7 Å². The van der Waals surface area contributed by atoms with Crippen LogP contribution in [-0.4, -0.2) is 9.97 Å². The first-order chi connectivity index (χ1) is 9.40. The third-order valence-electron chi connectivity index (χ3n) is 2.92. The van der Waals surface area contributed by atoms with Crippen LogP contribution in [0.3, 0.4) is 0 Å². The minimum absolute atomic E-state index is 0.262. The van der Waals surface area contributed by atoms with Crippen molar-refractivity contribution in [3.05, 3.63) is 39.2 Å². The van der Waals surface area contributed by atoms with Gasteiger partial charge in [0, 0.05) is 4.47 Å². The summed E-state index contributed by atoms with van der Waals surface area (Å²) in [7, 11) is 0. The number of hydrogen-bond acceptors (Lipinski definition) is 4. The zero-order valence-corrected chi connectivity index (χ0v) is 13.9. The van der Waals surface area contributed by atoms with Crippen LogP contribution < -0.4 is 11.1 Å². The number of benzene rings is 1. The quantitative estimate of drug-likeness (QED) is 0.787. The van der Waals surface area contributed by atoms with Gasteiger partial charge in [0.05, 0.1) is 5.69 Å². The van der Waals surface area contributed by atoms with Crippen LogP contribution in [0.5, 0.6) is 0 Å². The molecule has 0 saturated heterocycles. The molecule has 0 spiro atoms. The van der Waals surface area contributed by atoms with Gasteiger partial charge in [-0.05, 0) is 40.4 Å². The van der Waals surface area contributed by atoms with Crippen LogP contribution in [0, 0.1) is 6.92 Å². The Labute approximate surface area is 131 Å². The minimum Gasteiger partial charge on any atom is -0.393 e. The molecular weight excluding hydrogens is 340 g/mol. The normalized spacial score (nSPS) is 10.9. The van der Waals surface area contributed by atoms with Gasteiger partial charge in [-0.25, -0.2) is 9.97 Å². The Morgan fingerprint density at radius 1 is 1.30 bits per heavy atom. The SMILES string of the molecule is Cc1nc(Cl)c(N)c(Nc2c(Br)cccc2C(C)C)n1. The third kappa shape index (κ3) is 3.04. The molecule has 2 aromatic rings. The zero-order valence-electron chi connectivity index (χ0n) is 11.5. The molecular formula is C14H16BrClN4. The number of anilines is 3. The number of hydrogen-bond donors (Lipinski definition) is 2. The van der Waals surface area contributed by atoms with Gasteiger partial charge in [0.1, 0.15) is 11.5 Å². The average Bonchev–Trinajstić information content (AvgIpc) is 2.37. The van der Waals surface area contributed by atoms with Crippen molar-refractivity contribution in [1.82, 2.24) is 9.97 Å². The predicted molar refractivity (Wildman–Crippen MR) is 87.7 cm³/mol. The number of para-hydroxylation sites is 1. The summed E-state index contributed by atoms with van der Waals surface area (Å²) >= 11 is 9.55. The molecule has 3 N–H and O–H groups in total. The van der Waals surface area contributed by atoms with E-state index in [1.165, 1.54) is 5.56 Å². The largest absolute Gasteiger partial charge is 0.393 e. The number of nitrogens with two attached hydrogens (primary N) is 1. The Morgan fingerprint density at radius 2 is 2.00 bits per heavy atom. The van der Waals surface area contributed by atoms with E-state index in [2.05, 4.69) is 51.1 Å². The number of nitrogens with one attached hydrogen (secondary N) is 1. The zero-order chi connectivity index (χ0) is 14.9. The van der Waals surface area contributed by atoms with Crippen LogP contribution in [0.4, 0.5) is 17.2 Å². The summed E-state index contributed by atoms with van der Waals surface area (Å²) < 4.78 is 0.954. The lowest BCUT2D eigenvalue weighted by molar-refractivity contribution is 0.868. The van der Waals surface area contributed by atoms with Crippen LogP contribution >= 0.6 is 27.5 Å². The molecule has 1 aromatic heterocycles. The molecule has 1 heterocycles. The monoisotopic (exact) mass is 354 g/mol. The summed E-state index contributed by atoms with van der Waals surface area (Å²) in [6.45, 7) is 6.04. The number of halogens is 2. The molecule has 0 fully saturated rings. The fourth-order valence-corrected chi connectivity index (χ4v) is 2.61. The van der Waals surface area contributed by atoms with Crippen molar-refractivity contribution in [3.8, 4) is 0 Å². The molecule has 20 heavy (non-hydrogen) atoms. The fraction of sp³-hybridized carbons (Fsp3) is 0.286. The van der Waals surface area contributed by atoms with E-state index >= 15 is 0 Å². The highest BCUT2D eigenvalue weighted by molar-refractivity contribution is 9.10. The van der Waals surface area contributed by atoms with Crippen LogP contribution in [0.25, 0.3) is 0 Å². The second-order valence-corrected chi connectivity index (χ2v) is 6.02. The van der Waals surface area contributed by atoms with Gasteiger partial charge in [0.15, 0.2) is 11.0 Å². The molecule has 6 heteroatoms. The molecule has 0 amide bonds. The van der Waals surface area contributed by atoms with Gasteiger partial charge in [0.2, 0.25) is 0 Å². The molecule has 4 nitrogen and oxygen atoms in total. The standard InChI is InChI=1S/C14H16BrClN4/c1-7(2)9-5-4-6-10(15)12(9)20-14-11(17)13(16)18-8(3)19-14/h4-7H,17H2,1-3H3,(H,18,19,20). The molecule has 0 atom stereocenters. The van der Waals surface area contributed by atoms with Crippen molar-refractivity contribution in [2.24, 2.45) is 0 Å². The van der Waals surface area contributed by atoms with E-state index < -0.39 is 0 Å². The number of aryl methyl sites for hydroxylation is 1. The first-order valence-corrected chi connectivity index (χ1v) is 7.42. The number of nitrogen functional groups attached to an aromatic ring is 1. The van der Waals surface area contributed by atoms with Crippen LogP contribution in [0.1, 0.15) is 31.2 Å². The van der Waals surface area contributed by atoms with E-state index in [4.69, 9.17) is 17.3 Å². The Morgan fingerprint density at radius 3 is 2.65 bits per heavy atom. The second kappa shape index (κ2) is 5.97. The van der Waals surface area contributed by atoms with Gasteiger partial charge in [-0.15, -0.1) is 0 Å². The molecule has 2 rings (SSSR count). The lowest BCUT2D eigenvalue weighted by atomic mass is 10.0. The number of aromatic nitrogens is 2. The van der Waals surface area contributed by atoms with E-state index in [-0.39, 0.29) is 5.15 Å². The summed E-state index contributed by atoms with van der Waals surface area (Å²) in [5.74, 6) is 1.47. The molecule has 0 aliphatic rings. The minimum atomic E-state index is 0.262. The summed E-state index contributed by atoms with van der Waals surface area (Å²) in [5.41, 5.74) is 8.41. The first-order valence-electron chi connectivity index (χ1n) is 6.25.